The van der Waals surface area contributed by atoms with Crippen molar-refractivity contribution in [1.29, 1.82) is 0 Å². The van der Waals surface area contributed by atoms with Gasteiger partial charge in [-0.2, -0.15) is 4.31 Å². The fourth-order valence-corrected chi connectivity index (χ4v) is 5.47. The van der Waals surface area contributed by atoms with E-state index in [1.54, 1.807) is 19.2 Å². The SMILES string of the molecule is CCN(Cc1ccc(OC)cc1)S(=O)(=O)c1ccc(Br)s1. The highest BCUT2D eigenvalue weighted by atomic mass is 79.9. The maximum Gasteiger partial charge on any atom is 0.252 e. The summed E-state index contributed by atoms with van der Waals surface area (Å²) in [6.07, 6.45) is 0. The van der Waals surface area contributed by atoms with Gasteiger partial charge in [0.2, 0.25) is 0 Å². The van der Waals surface area contributed by atoms with Crippen molar-refractivity contribution >= 4 is 37.3 Å². The lowest BCUT2D eigenvalue weighted by Gasteiger charge is -2.19. The third-order valence-electron chi connectivity index (χ3n) is 3.01. The standard InChI is InChI=1S/C14H16BrNO3S2/c1-3-16(10-11-4-6-12(19-2)7-5-11)21(17,18)14-9-8-13(15)20-14/h4-9H,3,10H2,1-2H3. The molecule has 0 radical (unpaired) electrons. The zero-order chi connectivity index (χ0) is 15.5. The number of hydrogen-bond donors (Lipinski definition) is 0. The van der Waals surface area contributed by atoms with E-state index in [4.69, 9.17) is 4.74 Å². The van der Waals surface area contributed by atoms with Gasteiger partial charge in [-0.3, -0.25) is 0 Å². The molecule has 0 saturated heterocycles. The minimum Gasteiger partial charge on any atom is -0.497 e. The minimum absolute atomic E-state index is 0.346. The topological polar surface area (TPSA) is 46.6 Å². The van der Waals surface area contributed by atoms with Gasteiger partial charge in [0, 0.05) is 13.1 Å². The van der Waals surface area contributed by atoms with E-state index < -0.39 is 10.0 Å². The second kappa shape index (κ2) is 6.91. The van der Waals surface area contributed by atoms with Crippen LogP contribution in [0, 0.1) is 0 Å². The molecule has 1 heterocycles. The van der Waals surface area contributed by atoms with Crippen LogP contribution >= 0.6 is 27.3 Å². The van der Waals surface area contributed by atoms with Crippen LogP contribution < -0.4 is 4.74 Å². The van der Waals surface area contributed by atoms with E-state index in [2.05, 4.69) is 15.9 Å². The van der Waals surface area contributed by atoms with Crippen molar-refractivity contribution in [3.05, 3.63) is 45.7 Å². The van der Waals surface area contributed by atoms with Gasteiger partial charge in [-0.25, -0.2) is 8.42 Å². The Morgan fingerprint density at radius 1 is 1.19 bits per heavy atom. The second-order valence-electron chi connectivity index (χ2n) is 4.34. The molecular formula is C14H16BrNO3S2. The van der Waals surface area contributed by atoms with Gasteiger partial charge in [0.05, 0.1) is 10.9 Å². The number of rotatable bonds is 6. The van der Waals surface area contributed by atoms with E-state index in [-0.39, 0.29) is 0 Å². The van der Waals surface area contributed by atoms with Gasteiger partial charge < -0.3 is 4.74 Å². The van der Waals surface area contributed by atoms with Gasteiger partial charge >= 0.3 is 0 Å². The lowest BCUT2D eigenvalue weighted by atomic mass is 10.2. The molecule has 0 bridgehead atoms. The Morgan fingerprint density at radius 3 is 2.33 bits per heavy atom. The summed E-state index contributed by atoms with van der Waals surface area (Å²) in [5, 5.41) is 0. The summed E-state index contributed by atoms with van der Waals surface area (Å²) in [7, 11) is -1.85. The molecule has 0 spiro atoms. The largest absolute Gasteiger partial charge is 0.497 e. The Hall–Kier alpha value is -0.890. The third-order valence-corrected chi connectivity index (χ3v) is 7.03. The van der Waals surface area contributed by atoms with E-state index in [0.717, 1.165) is 15.1 Å². The van der Waals surface area contributed by atoms with Crippen LogP contribution in [-0.4, -0.2) is 26.4 Å². The van der Waals surface area contributed by atoms with Gasteiger partial charge in [0.25, 0.3) is 10.0 Å². The van der Waals surface area contributed by atoms with E-state index >= 15 is 0 Å². The second-order valence-corrected chi connectivity index (χ2v) is 8.97. The van der Waals surface area contributed by atoms with Crippen LogP contribution in [0.1, 0.15) is 12.5 Å². The number of nitrogens with zero attached hydrogens (tertiary/aromatic N) is 1. The summed E-state index contributed by atoms with van der Waals surface area (Å²) in [4.78, 5) is 0. The Kier molecular flexibility index (Phi) is 5.43. The predicted octanol–water partition coefficient (Wildman–Crippen LogP) is 3.73. The summed E-state index contributed by atoms with van der Waals surface area (Å²) in [6, 6.07) is 10.8. The number of ether oxygens (including phenoxy) is 1. The monoisotopic (exact) mass is 389 g/mol. The predicted molar refractivity (Wildman–Crippen MR) is 88.3 cm³/mol. The first kappa shape index (κ1) is 16.5. The smallest absolute Gasteiger partial charge is 0.252 e. The number of hydrogen-bond acceptors (Lipinski definition) is 4. The van der Waals surface area contributed by atoms with Crippen LogP contribution in [-0.2, 0) is 16.6 Å². The van der Waals surface area contributed by atoms with Crippen molar-refractivity contribution in [2.24, 2.45) is 0 Å². The molecule has 114 valence electrons. The van der Waals surface area contributed by atoms with Crippen molar-refractivity contribution in [1.82, 2.24) is 4.31 Å². The molecule has 4 nitrogen and oxygen atoms in total. The summed E-state index contributed by atoms with van der Waals surface area (Å²) in [5.41, 5.74) is 0.928. The number of methoxy groups -OCH3 is 1. The average Bonchev–Trinajstić information content (AvgIpc) is 2.92. The highest BCUT2D eigenvalue weighted by Crippen LogP contribution is 2.29. The number of thiophene rings is 1. The molecule has 21 heavy (non-hydrogen) atoms. The first-order chi connectivity index (χ1) is 9.97. The molecule has 0 aliphatic heterocycles. The first-order valence-corrected chi connectivity index (χ1v) is 9.40. The molecule has 1 aromatic heterocycles. The van der Waals surface area contributed by atoms with E-state index in [0.29, 0.717) is 17.3 Å². The molecule has 0 amide bonds. The van der Waals surface area contributed by atoms with Gasteiger partial charge in [-0.05, 0) is 45.8 Å². The molecule has 2 aromatic rings. The van der Waals surface area contributed by atoms with Crippen molar-refractivity contribution in [3.63, 3.8) is 0 Å². The number of benzene rings is 1. The van der Waals surface area contributed by atoms with Crippen molar-refractivity contribution < 1.29 is 13.2 Å². The van der Waals surface area contributed by atoms with Crippen LogP contribution in [0.5, 0.6) is 5.75 Å². The Balaban J connectivity index is 2.22. The molecule has 0 saturated carbocycles. The van der Waals surface area contributed by atoms with Crippen molar-refractivity contribution in [3.8, 4) is 5.75 Å². The molecule has 1 aromatic carbocycles. The van der Waals surface area contributed by atoms with Gasteiger partial charge in [0.15, 0.2) is 0 Å². The lowest BCUT2D eigenvalue weighted by molar-refractivity contribution is 0.412. The van der Waals surface area contributed by atoms with E-state index in [1.165, 1.54) is 15.6 Å². The van der Waals surface area contributed by atoms with Crippen LogP contribution in [0.4, 0.5) is 0 Å². The average molecular weight is 390 g/mol. The third kappa shape index (κ3) is 3.85. The van der Waals surface area contributed by atoms with E-state index in [1.807, 2.05) is 31.2 Å². The van der Waals surface area contributed by atoms with Gasteiger partial charge in [-0.15, -0.1) is 11.3 Å². The summed E-state index contributed by atoms with van der Waals surface area (Å²) < 4.78 is 32.9. The molecule has 0 N–H and O–H groups in total. The minimum atomic E-state index is -3.45. The maximum atomic E-state index is 12.6. The Bertz CT molecular complexity index is 695. The summed E-state index contributed by atoms with van der Waals surface area (Å²) in [6.45, 7) is 2.60. The molecular weight excluding hydrogens is 374 g/mol. The molecule has 0 unspecified atom stereocenters. The normalized spacial score (nSPS) is 11.8. The zero-order valence-electron chi connectivity index (χ0n) is 11.7. The first-order valence-electron chi connectivity index (χ1n) is 6.35. The van der Waals surface area contributed by atoms with Crippen LogP contribution in [0.25, 0.3) is 0 Å². The summed E-state index contributed by atoms with van der Waals surface area (Å²) >= 11 is 4.52. The fraction of sp³-hybridized carbons (Fsp3) is 0.286. The molecule has 0 aliphatic carbocycles. The van der Waals surface area contributed by atoms with E-state index in [9.17, 15) is 8.42 Å². The Labute approximate surface area is 137 Å². The van der Waals surface area contributed by atoms with Crippen molar-refractivity contribution in [2.45, 2.75) is 17.7 Å². The number of halogens is 1. The lowest BCUT2D eigenvalue weighted by Crippen LogP contribution is -2.29. The Morgan fingerprint density at radius 2 is 1.86 bits per heavy atom. The molecule has 2 rings (SSSR count). The van der Waals surface area contributed by atoms with Crippen LogP contribution in [0.15, 0.2) is 44.4 Å². The van der Waals surface area contributed by atoms with Crippen LogP contribution in [0.3, 0.4) is 0 Å². The molecule has 0 fully saturated rings. The molecule has 0 aliphatic rings. The van der Waals surface area contributed by atoms with Crippen molar-refractivity contribution in [2.75, 3.05) is 13.7 Å². The fourth-order valence-electron chi connectivity index (χ4n) is 1.86. The van der Waals surface area contributed by atoms with Crippen LogP contribution in [0.2, 0.25) is 0 Å². The van der Waals surface area contributed by atoms with Gasteiger partial charge in [0.1, 0.15) is 9.96 Å². The number of sulfonamides is 1. The molecule has 0 atom stereocenters. The summed E-state index contributed by atoms with van der Waals surface area (Å²) in [5.74, 6) is 0.756. The quantitative estimate of drug-likeness (QED) is 0.755. The maximum absolute atomic E-state index is 12.6. The zero-order valence-corrected chi connectivity index (χ0v) is 15.0. The van der Waals surface area contributed by atoms with Gasteiger partial charge in [-0.1, -0.05) is 19.1 Å². The highest BCUT2D eigenvalue weighted by Gasteiger charge is 2.24. The molecule has 7 heteroatoms. The highest BCUT2D eigenvalue weighted by molar-refractivity contribution is 9.11.